The highest BCUT2D eigenvalue weighted by Crippen LogP contribution is 2.60. The van der Waals surface area contributed by atoms with E-state index in [-0.39, 0.29) is 23.6 Å². The van der Waals surface area contributed by atoms with E-state index in [4.69, 9.17) is 14.2 Å². The summed E-state index contributed by atoms with van der Waals surface area (Å²) in [5, 5.41) is 9.27. The summed E-state index contributed by atoms with van der Waals surface area (Å²) in [6.45, 7) is 1.86. The van der Waals surface area contributed by atoms with E-state index in [2.05, 4.69) is 15.9 Å². The molecule has 6 nitrogen and oxygen atoms in total. The van der Waals surface area contributed by atoms with E-state index in [1.165, 1.54) is 32.4 Å². The van der Waals surface area contributed by atoms with Crippen LogP contribution in [-0.2, 0) is 14.3 Å². The highest BCUT2D eigenvalue weighted by atomic mass is 79.9. The topological polar surface area (TPSA) is 85.6 Å². The van der Waals surface area contributed by atoms with Crippen molar-refractivity contribution in [2.24, 2.45) is 23.2 Å². The molecule has 0 heterocycles. The van der Waals surface area contributed by atoms with Gasteiger partial charge in [0.2, 0.25) is 0 Å². The van der Waals surface area contributed by atoms with Crippen LogP contribution in [0.2, 0.25) is 0 Å². The maximum atomic E-state index is 13.3. The molecule has 1 aromatic rings. The van der Waals surface area contributed by atoms with E-state index in [1.54, 1.807) is 19.1 Å². The van der Waals surface area contributed by atoms with Crippen LogP contribution in [-0.4, -0.2) is 25.7 Å². The number of nitrogens with zero attached hydrogens (tertiary/aromatic N) is 1. The zero-order valence-electron chi connectivity index (χ0n) is 17.8. The van der Waals surface area contributed by atoms with Gasteiger partial charge in [0, 0.05) is 0 Å². The van der Waals surface area contributed by atoms with E-state index in [0.29, 0.717) is 39.3 Å². The molecule has 4 fully saturated rings. The Kier molecular flexibility index (Phi) is 6.11. The van der Waals surface area contributed by atoms with Crippen molar-refractivity contribution in [3.8, 4) is 17.6 Å². The fraction of sp³-hybridized carbons (Fsp3) is 0.542. The first-order valence-electron chi connectivity index (χ1n) is 10.8. The molecule has 0 unspecified atom stereocenters. The summed E-state index contributed by atoms with van der Waals surface area (Å²) in [6.07, 6.45) is 7.94. The Morgan fingerprint density at radius 2 is 1.81 bits per heavy atom. The van der Waals surface area contributed by atoms with E-state index in [9.17, 15) is 14.9 Å². The Morgan fingerprint density at radius 1 is 1.19 bits per heavy atom. The summed E-state index contributed by atoms with van der Waals surface area (Å²) >= 11 is 3.47. The molecule has 0 spiro atoms. The van der Waals surface area contributed by atoms with Gasteiger partial charge in [-0.3, -0.25) is 4.79 Å². The van der Waals surface area contributed by atoms with Gasteiger partial charge in [-0.2, -0.15) is 5.26 Å². The van der Waals surface area contributed by atoms with E-state index < -0.39 is 5.97 Å². The molecule has 7 heteroatoms. The van der Waals surface area contributed by atoms with Gasteiger partial charge in [0.15, 0.2) is 11.5 Å². The van der Waals surface area contributed by atoms with E-state index in [0.717, 1.165) is 19.3 Å². The summed E-state index contributed by atoms with van der Waals surface area (Å²) in [6, 6.07) is 5.20. The van der Waals surface area contributed by atoms with Crippen LogP contribution in [0.1, 0.15) is 51.0 Å². The number of carbonyl (C=O) groups is 2. The fourth-order valence-electron chi connectivity index (χ4n) is 6.00. The number of halogens is 1. The number of hydrogen-bond acceptors (Lipinski definition) is 6. The van der Waals surface area contributed by atoms with Crippen molar-refractivity contribution in [2.75, 3.05) is 13.7 Å². The third-order valence-electron chi connectivity index (χ3n) is 6.84. The van der Waals surface area contributed by atoms with Crippen LogP contribution < -0.4 is 9.47 Å². The predicted molar refractivity (Wildman–Crippen MR) is 117 cm³/mol. The lowest BCUT2D eigenvalue weighted by Gasteiger charge is -2.55. The molecule has 0 aliphatic heterocycles. The highest BCUT2D eigenvalue weighted by molar-refractivity contribution is 9.10. The molecule has 5 rings (SSSR count). The molecular weight excluding hydrogens is 462 g/mol. The molecule has 0 aromatic heterocycles. The number of rotatable bonds is 6. The van der Waals surface area contributed by atoms with Crippen LogP contribution >= 0.6 is 15.9 Å². The van der Waals surface area contributed by atoms with Crippen LogP contribution in [0.5, 0.6) is 11.5 Å². The lowest BCUT2D eigenvalue weighted by atomic mass is 9.49. The predicted octanol–water partition coefficient (Wildman–Crippen LogP) is 5.05. The minimum absolute atomic E-state index is 0.117. The Hall–Kier alpha value is -2.33. The van der Waals surface area contributed by atoms with Crippen molar-refractivity contribution in [2.45, 2.75) is 45.4 Å². The third-order valence-corrected chi connectivity index (χ3v) is 7.43. The second kappa shape index (κ2) is 8.66. The summed E-state index contributed by atoms with van der Waals surface area (Å²) in [5.74, 6) is 1.77. The van der Waals surface area contributed by atoms with Crippen LogP contribution in [0.15, 0.2) is 22.2 Å². The molecule has 4 saturated carbocycles. The van der Waals surface area contributed by atoms with Gasteiger partial charge in [0.25, 0.3) is 0 Å². The first-order valence-corrected chi connectivity index (χ1v) is 11.6. The van der Waals surface area contributed by atoms with E-state index >= 15 is 0 Å². The van der Waals surface area contributed by atoms with Crippen molar-refractivity contribution >= 4 is 33.9 Å². The number of benzene rings is 1. The molecule has 164 valence electrons. The van der Waals surface area contributed by atoms with Crippen molar-refractivity contribution in [1.82, 2.24) is 0 Å². The molecule has 4 aliphatic rings. The van der Waals surface area contributed by atoms with Crippen molar-refractivity contribution < 1.29 is 23.8 Å². The van der Waals surface area contributed by atoms with Crippen molar-refractivity contribution in [3.05, 3.63) is 27.7 Å². The molecule has 0 N–H and O–H groups in total. The molecular formula is C24H26BrNO5. The van der Waals surface area contributed by atoms with Gasteiger partial charge in [0.1, 0.15) is 11.6 Å². The van der Waals surface area contributed by atoms with Crippen LogP contribution in [0.4, 0.5) is 0 Å². The summed E-state index contributed by atoms with van der Waals surface area (Å²) in [4.78, 5) is 25.3. The van der Waals surface area contributed by atoms with Gasteiger partial charge >= 0.3 is 11.9 Å². The van der Waals surface area contributed by atoms with Crippen LogP contribution in [0.3, 0.4) is 0 Å². The van der Waals surface area contributed by atoms with E-state index in [1.807, 2.05) is 6.07 Å². The van der Waals surface area contributed by atoms with Crippen molar-refractivity contribution in [3.63, 3.8) is 0 Å². The number of methoxy groups -OCH3 is 1. The molecule has 0 saturated heterocycles. The Labute approximate surface area is 190 Å². The largest absolute Gasteiger partial charge is 0.493 e. The van der Waals surface area contributed by atoms with Gasteiger partial charge in [-0.05, 0) is 103 Å². The van der Waals surface area contributed by atoms with Gasteiger partial charge < -0.3 is 14.2 Å². The minimum atomic E-state index is -0.683. The maximum absolute atomic E-state index is 13.3. The van der Waals surface area contributed by atoms with Crippen LogP contribution in [0, 0.1) is 34.5 Å². The molecule has 0 radical (unpaired) electrons. The SMILES string of the molecule is CCOC(=O)C(C#N)=Cc1cc(Br)c(OC(=O)C23CC4CC(CC(C4)C2)C3)c(OC)c1. The second-order valence-corrected chi connectivity index (χ2v) is 9.87. The molecule has 0 amide bonds. The molecule has 4 bridgehead atoms. The number of esters is 2. The van der Waals surface area contributed by atoms with Crippen molar-refractivity contribution in [1.29, 1.82) is 5.26 Å². The third kappa shape index (κ3) is 4.23. The monoisotopic (exact) mass is 487 g/mol. The van der Waals surface area contributed by atoms with Crippen LogP contribution in [0.25, 0.3) is 6.08 Å². The van der Waals surface area contributed by atoms with Gasteiger partial charge in [-0.15, -0.1) is 0 Å². The zero-order valence-corrected chi connectivity index (χ0v) is 19.4. The highest BCUT2D eigenvalue weighted by Gasteiger charge is 2.55. The van der Waals surface area contributed by atoms with Gasteiger partial charge in [0.05, 0.1) is 23.6 Å². The Bertz CT molecular complexity index is 942. The lowest BCUT2D eigenvalue weighted by Crippen LogP contribution is -2.51. The molecule has 0 atom stereocenters. The normalized spacial score (nSPS) is 28.7. The first kappa shape index (κ1) is 21.9. The molecule has 1 aromatic carbocycles. The standard InChI is InChI=1S/C24H26BrNO5/c1-3-30-22(27)18(13-26)7-14-8-19(25)21(20(9-14)29-2)31-23(28)24-10-15-4-16(11-24)6-17(5-15)12-24/h7-9,15-17H,3-6,10-12H2,1-2H3. The first-order chi connectivity index (χ1) is 14.9. The molecule has 31 heavy (non-hydrogen) atoms. The summed E-state index contributed by atoms with van der Waals surface area (Å²) in [7, 11) is 1.49. The average molecular weight is 488 g/mol. The number of ether oxygens (including phenoxy) is 3. The van der Waals surface area contributed by atoms with Gasteiger partial charge in [-0.25, -0.2) is 4.79 Å². The Morgan fingerprint density at radius 3 is 2.32 bits per heavy atom. The zero-order chi connectivity index (χ0) is 22.2. The van der Waals surface area contributed by atoms with Gasteiger partial charge in [-0.1, -0.05) is 0 Å². The quantitative estimate of drug-likeness (QED) is 0.241. The summed E-state index contributed by atoms with van der Waals surface area (Å²) < 4.78 is 16.8. The maximum Gasteiger partial charge on any atom is 0.348 e. The number of carbonyl (C=O) groups excluding carboxylic acids is 2. The number of nitriles is 1. The second-order valence-electron chi connectivity index (χ2n) is 9.01. The molecule has 4 aliphatic carbocycles. The minimum Gasteiger partial charge on any atom is -0.493 e. The lowest BCUT2D eigenvalue weighted by molar-refractivity contribution is -0.161. The smallest absolute Gasteiger partial charge is 0.348 e. The fourth-order valence-corrected chi connectivity index (χ4v) is 6.54. The number of hydrogen-bond donors (Lipinski definition) is 0. The average Bonchev–Trinajstić information content (AvgIpc) is 2.72. The Balaban J connectivity index is 1.59. The summed E-state index contributed by atoms with van der Waals surface area (Å²) in [5.41, 5.74) is 0.0624.